The maximum absolute atomic E-state index is 12.5. The monoisotopic (exact) mass is 401 g/mol. The third-order valence-electron chi connectivity index (χ3n) is 5.09. The van der Waals surface area contributed by atoms with E-state index in [-0.39, 0.29) is 23.3 Å². The maximum Gasteiger partial charge on any atom is 0.238 e. The fraction of sp³-hybridized carbons (Fsp3) is 0.381. The van der Waals surface area contributed by atoms with Crippen molar-refractivity contribution in [2.24, 2.45) is 5.14 Å². The minimum Gasteiger partial charge on any atom is -0.371 e. The van der Waals surface area contributed by atoms with Crippen molar-refractivity contribution in [3.8, 4) is 0 Å². The second-order valence-electron chi connectivity index (χ2n) is 7.26. The number of amides is 1. The largest absolute Gasteiger partial charge is 0.371 e. The van der Waals surface area contributed by atoms with E-state index < -0.39 is 10.0 Å². The molecule has 1 atom stereocenters. The van der Waals surface area contributed by atoms with Crippen LogP contribution in [0.1, 0.15) is 43.4 Å². The molecule has 0 aromatic heterocycles. The molecule has 6 nitrogen and oxygen atoms in total. The van der Waals surface area contributed by atoms with Crippen LogP contribution in [-0.2, 0) is 21.2 Å². The van der Waals surface area contributed by atoms with Crippen LogP contribution in [0.25, 0.3) is 0 Å². The van der Waals surface area contributed by atoms with E-state index in [2.05, 4.69) is 22.3 Å². The minimum absolute atomic E-state index is 0.0421. The molecule has 28 heavy (non-hydrogen) atoms. The highest BCUT2D eigenvalue weighted by atomic mass is 32.2. The standard InChI is InChI=1S/C21H27N3O3S/c1-16(19-7-3-4-8-20(19)24-13-5-2-6-14-24)23-21(25)15-17-9-11-18(12-10-17)28(22,26)27/h3-4,7-12,16H,2,5-6,13-15H2,1H3,(H,23,25)(H2,22,26,27). The average molecular weight is 402 g/mol. The molecule has 1 fully saturated rings. The molecule has 1 aliphatic heterocycles. The van der Waals surface area contributed by atoms with E-state index >= 15 is 0 Å². The highest BCUT2D eigenvalue weighted by molar-refractivity contribution is 7.89. The van der Waals surface area contributed by atoms with Crippen LogP contribution >= 0.6 is 0 Å². The van der Waals surface area contributed by atoms with Crippen LogP contribution in [0.5, 0.6) is 0 Å². The van der Waals surface area contributed by atoms with Crippen LogP contribution in [0.2, 0.25) is 0 Å². The molecular weight excluding hydrogens is 374 g/mol. The van der Waals surface area contributed by atoms with Gasteiger partial charge in [-0.2, -0.15) is 0 Å². The number of rotatable bonds is 6. The van der Waals surface area contributed by atoms with Crippen molar-refractivity contribution in [1.29, 1.82) is 0 Å². The number of sulfonamides is 1. The van der Waals surface area contributed by atoms with Crippen molar-refractivity contribution >= 4 is 21.6 Å². The molecule has 1 aliphatic rings. The Labute approximate surface area is 166 Å². The van der Waals surface area contributed by atoms with Gasteiger partial charge in [-0.15, -0.1) is 0 Å². The van der Waals surface area contributed by atoms with Crippen LogP contribution in [0, 0.1) is 0 Å². The van der Waals surface area contributed by atoms with Gasteiger partial charge in [0.25, 0.3) is 0 Å². The number of carbonyl (C=O) groups is 1. The molecule has 1 saturated heterocycles. The fourth-order valence-corrected chi connectivity index (χ4v) is 4.14. The second-order valence-corrected chi connectivity index (χ2v) is 8.82. The average Bonchev–Trinajstić information content (AvgIpc) is 2.68. The summed E-state index contributed by atoms with van der Waals surface area (Å²) in [5.41, 5.74) is 3.04. The molecule has 1 unspecified atom stereocenters. The van der Waals surface area contributed by atoms with Gasteiger partial charge in [0.2, 0.25) is 15.9 Å². The zero-order valence-electron chi connectivity index (χ0n) is 16.1. The first kappa shape index (κ1) is 20.4. The van der Waals surface area contributed by atoms with Gasteiger partial charge < -0.3 is 10.2 Å². The number of hydrogen-bond donors (Lipinski definition) is 2. The molecule has 1 amide bonds. The Balaban J connectivity index is 1.66. The molecule has 3 rings (SSSR count). The number of primary sulfonamides is 1. The van der Waals surface area contributed by atoms with Crippen molar-refractivity contribution in [3.63, 3.8) is 0 Å². The third kappa shape index (κ3) is 5.11. The Bertz CT molecular complexity index is 920. The maximum atomic E-state index is 12.5. The van der Waals surface area contributed by atoms with Crippen LogP contribution < -0.4 is 15.4 Å². The minimum atomic E-state index is -3.72. The molecule has 7 heteroatoms. The van der Waals surface area contributed by atoms with Gasteiger partial charge in [-0.1, -0.05) is 30.3 Å². The van der Waals surface area contributed by atoms with Gasteiger partial charge in [-0.3, -0.25) is 4.79 Å². The SMILES string of the molecule is CC(NC(=O)Cc1ccc(S(N)(=O)=O)cc1)c1ccccc1N1CCCCC1. The zero-order chi connectivity index (χ0) is 20.1. The molecule has 150 valence electrons. The number of benzene rings is 2. The summed E-state index contributed by atoms with van der Waals surface area (Å²) in [6.45, 7) is 4.09. The van der Waals surface area contributed by atoms with Gasteiger partial charge in [0.1, 0.15) is 0 Å². The van der Waals surface area contributed by atoms with E-state index in [0.29, 0.717) is 0 Å². The summed E-state index contributed by atoms with van der Waals surface area (Å²) in [6.07, 6.45) is 3.85. The highest BCUT2D eigenvalue weighted by Crippen LogP contribution is 2.28. The number of anilines is 1. The van der Waals surface area contributed by atoms with Gasteiger partial charge in [0, 0.05) is 18.8 Å². The van der Waals surface area contributed by atoms with Crippen molar-refractivity contribution < 1.29 is 13.2 Å². The number of nitrogens with two attached hydrogens (primary N) is 1. The first-order chi connectivity index (χ1) is 13.3. The third-order valence-corrected chi connectivity index (χ3v) is 6.02. The summed E-state index contributed by atoms with van der Waals surface area (Å²) in [5, 5.41) is 8.16. The smallest absolute Gasteiger partial charge is 0.238 e. The van der Waals surface area contributed by atoms with E-state index in [1.807, 2.05) is 19.1 Å². The van der Waals surface area contributed by atoms with Crippen LogP contribution in [0.4, 0.5) is 5.69 Å². The summed E-state index contributed by atoms with van der Waals surface area (Å²) in [5.74, 6) is -0.107. The number of nitrogens with one attached hydrogen (secondary N) is 1. The Morgan fingerprint density at radius 1 is 1.07 bits per heavy atom. The lowest BCUT2D eigenvalue weighted by Gasteiger charge is -2.32. The van der Waals surface area contributed by atoms with Gasteiger partial charge in [0.05, 0.1) is 17.4 Å². The van der Waals surface area contributed by atoms with E-state index in [1.165, 1.54) is 37.1 Å². The van der Waals surface area contributed by atoms with Crippen LogP contribution in [0.15, 0.2) is 53.4 Å². The molecule has 3 N–H and O–H groups in total. The molecule has 2 aromatic carbocycles. The quantitative estimate of drug-likeness (QED) is 0.778. The lowest BCUT2D eigenvalue weighted by Crippen LogP contribution is -2.33. The topological polar surface area (TPSA) is 92.5 Å². The van der Waals surface area contributed by atoms with Gasteiger partial charge >= 0.3 is 0 Å². The van der Waals surface area contributed by atoms with Gasteiger partial charge in [0.15, 0.2) is 0 Å². The Morgan fingerprint density at radius 2 is 1.71 bits per heavy atom. The van der Waals surface area contributed by atoms with Crippen molar-refractivity contribution in [2.45, 2.75) is 43.5 Å². The summed E-state index contributed by atoms with van der Waals surface area (Å²) < 4.78 is 22.7. The normalized spacial score (nSPS) is 15.9. The van der Waals surface area contributed by atoms with Crippen LogP contribution in [0.3, 0.4) is 0 Å². The predicted molar refractivity (Wildman–Crippen MR) is 111 cm³/mol. The van der Waals surface area contributed by atoms with E-state index in [0.717, 1.165) is 24.2 Å². The highest BCUT2D eigenvalue weighted by Gasteiger charge is 2.19. The van der Waals surface area contributed by atoms with Crippen molar-refractivity contribution in [3.05, 3.63) is 59.7 Å². The number of hydrogen-bond acceptors (Lipinski definition) is 4. The number of para-hydroxylation sites is 1. The predicted octanol–water partition coefficient (Wildman–Crippen LogP) is 2.74. The number of piperidine rings is 1. The Morgan fingerprint density at radius 3 is 2.36 bits per heavy atom. The summed E-state index contributed by atoms with van der Waals surface area (Å²) in [6, 6.07) is 14.2. The van der Waals surface area contributed by atoms with Gasteiger partial charge in [-0.05, 0) is 55.5 Å². The summed E-state index contributed by atoms with van der Waals surface area (Å²) >= 11 is 0. The van der Waals surface area contributed by atoms with E-state index in [4.69, 9.17) is 5.14 Å². The Hall–Kier alpha value is -2.38. The van der Waals surface area contributed by atoms with Gasteiger partial charge in [-0.25, -0.2) is 13.6 Å². The fourth-order valence-electron chi connectivity index (χ4n) is 3.63. The molecule has 0 radical (unpaired) electrons. The lowest BCUT2D eigenvalue weighted by atomic mass is 10.0. The number of nitrogens with zero attached hydrogens (tertiary/aromatic N) is 1. The molecule has 0 saturated carbocycles. The summed E-state index contributed by atoms with van der Waals surface area (Å²) in [4.78, 5) is 14.9. The van der Waals surface area contributed by atoms with Crippen LogP contribution in [-0.4, -0.2) is 27.4 Å². The molecule has 0 spiro atoms. The molecule has 2 aromatic rings. The lowest BCUT2D eigenvalue weighted by molar-refractivity contribution is -0.121. The van der Waals surface area contributed by atoms with Crippen molar-refractivity contribution in [2.75, 3.05) is 18.0 Å². The van der Waals surface area contributed by atoms with Crippen molar-refractivity contribution in [1.82, 2.24) is 5.32 Å². The Kier molecular flexibility index (Phi) is 6.36. The molecular formula is C21H27N3O3S. The van der Waals surface area contributed by atoms with E-state index in [1.54, 1.807) is 12.1 Å². The molecule has 0 bridgehead atoms. The summed E-state index contributed by atoms with van der Waals surface area (Å²) in [7, 11) is -3.72. The molecule has 0 aliphatic carbocycles. The zero-order valence-corrected chi connectivity index (χ0v) is 16.9. The first-order valence-corrected chi connectivity index (χ1v) is 11.1. The first-order valence-electron chi connectivity index (χ1n) is 9.59. The number of carbonyl (C=O) groups excluding carboxylic acids is 1. The second kappa shape index (κ2) is 8.75. The molecule has 1 heterocycles. The van der Waals surface area contributed by atoms with E-state index in [9.17, 15) is 13.2 Å².